The van der Waals surface area contributed by atoms with Crippen molar-refractivity contribution >= 4 is 17.9 Å². The van der Waals surface area contributed by atoms with Gasteiger partial charge in [-0.15, -0.1) is 0 Å². The van der Waals surface area contributed by atoms with Crippen LogP contribution in [-0.2, 0) is 0 Å². The molecule has 2 heterocycles. The van der Waals surface area contributed by atoms with E-state index in [0.29, 0.717) is 0 Å². The lowest BCUT2D eigenvalue weighted by molar-refractivity contribution is -0.402. The van der Waals surface area contributed by atoms with Gasteiger partial charge in [-0.3, -0.25) is 10.1 Å². The molecule has 0 spiro atoms. The molecule has 0 amide bonds. The van der Waals surface area contributed by atoms with E-state index in [2.05, 4.69) is 28.7 Å². The van der Waals surface area contributed by atoms with Crippen LogP contribution in [0.5, 0.6) is 0 Å². The molecule has 1 unspecified atom stereocenters. The van der Waals surface area contributed by atoms with Crippen LogP contribution in [0, 0.1) is 10.1 Å². The third-order valence-corrected chi connectivity index (χ3v) is 3.55. The molecule has 8 nitrogen and oxygen atoms in total. The summed E-state index contributed by atoms with van der Waals surface area (Å²) >= 11 is 0. The lowest BCUT2D eigenvalue weighted by atomic mass is 10.1. The van der Waals surface area contributed by atoms with Crippen LogP contribution < -0.4 is 5.73 Å². The van der Waals surface area contributed by atoms with Crippen LogP contribution >= 0.6 is 0 Å². The highest BCUT2D eigenvalue weighted by Gasteiger charge is 2.21. The predicted molar refractivity (Wildman–Crippen MR) is 84.0 cm³/mol. The number of hydrogen-bond acceptors (Lipinski definition) is 7. The van der Waals surface area contributed by atoms with E-state index in [-0.39, 0.29) is 17.5 Å². The lowest BCUT2D eigenvalue weighted by Gasteiger charge is -2.26. The Balaban J connectivity index is 2.27. The first kappa shape index (κ1) is 15.9. The van der Waals surface area contributed by atoms with Gasteiger partial charge in [-0.2, -0.15) is 0 Å². The second kappa shape index (κ2) is 6.52. The molecule has 8 heteroatoms. The van der Waals surface area contributed by atoms with E-state index in [1.165, 1.54) is 12.1 Å². The first-order chi connectivity index (χ1) is 10.5. The van der Waals surface area contributed by atoms with Gasteiger partial charge in [-0.25, -0.2) is 9.98 Å². The van der Waals surface area contributed by atoms with Gasteiger partial charge in [0.25, 0.3) is 0 Å². The summed E-state index contributed by atoms with van der Waals surface area (Å²) in [5, 5.41) is 10.6. The van der Waals surface area contributed by atoms with Gasteiger partial charge >= 0.3 is 5.88 Å². The average Bonchev–Trinajstić information content (AvgIpc) is 2.98. The van der Waals surface area contributed by atoms with Crippen molar-refractivity contribution in [3.63, 3.8) is 0 Å². The molecule has 2 rings (SSSR count). The van der Waals surface area contributed by atoms with Crippen molar-refractivity contribution < 1.29 is 9.34 Å². The molecule has 1 atom stereocenters. The van der Waals surface area contributed by atoms with Crippen molar-refractivity contribution in [2.45, 2.75) is 26.9 Å². The van der Waals surface area contributed by atoms with Crippen molar-refractivity contribution in [2.24, 2.45) is 15.7 Å². The monoisotopic (exact) mass is 305 g/mol. The van der Waals surface area contributed by atoms with Crippen LogP contribution in [0.1, 0.15) is 26.5 Å². The van der Waals surface area contributed by atoms with E-state index >= 15 is 0 Å². The summed E-state index contributed by atoms with van der Waals surface area (Å²) in [6, 6.07) is 2.73. The Hall–Kier alpha value is -2.48. The van der Waals surface area contributed by atoms with Crippen LogP contribution in [0.4, 0.5) is 5.88 Å². The van der Waals surface area contributed by atoms with E-state index in [1.807, 2.05) is 6.92 Å². The average molecular weight is 305 g/mol. The largest absolute Gasteiger partial charge is 0.433 e. The molecule has 0 saturated heterocycles. The summed E-state index contributed by atoms with van der Waals surface area (Å²) in [5.41, 5.74) is 7.93. The van der Waals surface area contributed by atoms with Crippen molar-refractivity contribution in [3.8, 4) is 0 Å². The fourth-order valence-corrected chi connectivity index (χ4v) is 2.30. The second-order valence-electron chi connectivity index (χ2n) is 4.76. The zero-order chi connectivity index (χ0) is 16.3. The zero-order valence-electron chi connectivity index (χ0n) is 12.8. The van der Waals surface area contributed by atoms with Crippen molar-refractivity contribution in [1.82, 2.24) is 4.90 Å². The highest BCUT2D eigenvalue weighted by atomic mass is 16.6. The number of nitro groups is 1. The number of allylic oxidation sites excluding steroid dienone is 1. The Kier molecular flexibility index (Phi) is 4.71. The quantitative estimate of drug-likeness (QED) is 0.660. The summed E-state index contributed by atoms with van der Waals surface area (Å²) in [6.45, 7) is 7.85. The van der Waals surface area contributed by atoms with Gasteiger partial charge in [0.15, 0.2) is 11.6 Å². The topological polar surface area (TPSA) is 110 Å². The molecule has 1 aliphatic heterocycles. The van der Waals surface area contributed by atoms with Crippen LogP contribution in [-0.4, -0.2) is 41.1 Å². The minimum Gasteiger partial charge on any atom is -0.397 e. The van der Waals surface area contributed by atoms with Crippen molar-refractivity contribution in [2.75, 3.05) is 13.1 Å². The minimum atomic E-state index is -0.605. The molecule has 1 aromatic heterocycles. The molecule has 0 aliphatic carbocycles. The molecule has 0 aromatic carbocycles. The molecule has 1 aliphatic rings. The van der Waals surface area contributed by atoms with Gasteiger partial charge in [0, 0.05) is 30.6 Å². The number of aliphatic imine (C=N–C) groups is 2. The number of nitrogens with two attached hydrogens (primary N) is 1. The maximum absolute atomic E-state index is 10.6. The molecule has 0 radical (unpaired) electrons. The van der Waals surface area contributed by atoms with Gasteiger partial charge in [-0.05, 0) is 26.8 Å². The highest BCUT2D eigenvalue weighted by molar-refractivity contribution is 6.06. The number of furan rings is 1. The van der Waals surface area contributed by atoms with E-state index in [9.17, 15) is 10.1 Å². The molecule has 2 N–H and O–H groups in total. The molecule has 0 bridgehead atoms. The smallest absolute Gasteiger partial charge is 0.397 e. The number of rotatable bonds is 5. The lowest BCUT2D eigenvalue weighted by Crippen LogP contribution is -2.31. The van der Waals surface area contributed by atoms with E-state index in [4.69, 9.17) is 10.2 Å². The molecule has 118 valence electrons. The van der Waals surface area contributed by atoms with Crippen LogP contribution in [0.2, 0.25) is 0 Å². The molecule has 0 fully saturated rings. The van der Waals surface area contributed by atoms with Crippen LogP contribution in [0.25, 0.3) is 0 Å². The molecule has 1 aromatic rings. The Bertz CT molecular complexity index is 655. The molecule has 0 saturated carbocycles. The predicted octanol–water partition coefficient (Wildman–Crippen LogP) is 1.92. The molecule has 22 heavy (non-hydrogen) atoms. The Labute approximate surface area is 128 Å². The molecular formula is C14H19N5O3. The van der Waals surface area contributed by atoms with E-state index in [1.54, 1.807) is 6.21 Å². The minimum absolute atomic E-state index is 0.234. The van der Waals surface area contributed by atoms with Crippen molar-refractivity contribution in [1.29, 1.82) is 0 Å². The van der Waals surface area contributed by atoms with Crippen LogP contribution in [0.3, 0.4) is 0 Å². The summed E-state index contributed by atoms with van der Waals surface area (Å²) in [6.07, 6.45) is 1.08. The van der Waals surface area contributed by atoms with E-state index in [0.717, 1.165) is 24.4 Å². The summed E-state index contributed by atoms with van der Waals surface area (Å²) in [7, 11) is 0. The van der Waals surface area contributed by atoms with Crippen molar-refractivity contribution in [3.05, 3.63) is 39.3 Å². The SMILES string of the molecule is CCN(CC)C(C)=C1C=NC(c2ccc([N+](=O)[O-])o2)=NC1N. The molecular weight excluding hydrogens is 286 g/mol. The maximum atomic E-state index is 10.6. The Morgan fingerprint density at radius 2 is 2.14 bits per heavy atom. The first-order valence-corrected chi connectivity index (χ1v) is 7.05. The Morgan fingerprint density at radius 1 is 1.45 bits per heavy atom. The third kappa shape index (κ3) is 3.06. The standard InChI is InChI=1S/C14H19N5O3/c1-4-18(5-2)9(3)10-8-16-14(17-13(10)15)11-6-7-12(22-11)19(20)21/h6-8,13H,4-5,15H2,1-3H3. The summed E-state index contributed by atoms with van der Waals surface area (Å²) < 4.78 is 5.09. The normalized spacial score (nSPS) is 19.8. The van der Waals surface area contributed by atoms with Gasteiger partial charge in [-0.1, -0.05) is 0 Å². The highest BCUT2D eigenvalue weighted by Crippen LogP contribution is 2.21. The van der Waals surface area contributed by atoms with Gasteiger partial charge in [0.1, 0.15) is 11.1 Å². The van der Waals surface area contributed by atoms with Crippen LogP contribution in [0.15, 0.2) is 37.8 Å². The zero-order valence-corrected chi connectivity index (χ0v) is 12.8. The fraction of sp³-hybridized carbons (Fsp3) is 0.429. The fourth-order valence-electron chi connectivity index (χ4n) is 2.30. The Morgan fingerprint density at radius 3 is 2.64 bits per heavy atom. The third-order valence-electron chi connectivity index (χ3n) is 3.55. The number of hydrogen-bond donors (Lipinski definition) is 1. The maximum Gasteiger partial charge on any atom is 0.433 e. The van der Waals surface area contributed by atoms with Gasteiger partial charge < -0.3 is 15.1 Å². The summed E-state index contributed by atoms with van der Waals surface area (Å²) in [4.78, 5) is 20.7. The van der Waals surface area contributed by atoms with Gasteiger partial charge in [0.2, 0.25) is 0 Å². The number of nitrogens with zero attached hydrogens (tertiary/aromatic N) is 4. The van der Waals surface area contributed by atoms with E-state index < -0.39 is 11.1 Å². The first-order valence-electron chi connectivity index (χ1n) is 7.05. The number of amidine groups is 1. The summed E-state index contributed by atoms with van der Waals surface area (Å²) in [5.74, 6) is 0.150. The second-order valence-corrected chi connectivity index (χ2v) is 4.76. The van der Waals surface area contributed by atoms with Gasteiger partial charge in [0.05, 0.1) is 6.07 Å².